The SMILES string of the molecule is CCCCOc1ccc(NC(=O)C(=O)N/N=C\c2cc(Cl)ccc2OC)cc1. The summed E-state index contributed by atoms with van der Waals surface area (Å²) in [5.41, 5.74) is 3.20. The van der Waals surface area contributed by atoms with Crippen molar-refractivity contribution in [3.05, 3.63) is 53.1 Å². The van der Waals surface area contributed by atoms with Crippen molar-refractivity contribution in [1.29, 1.82) is 0 Å². The summed E-state index contributed by atoms with van der Waals surface area (Å²) in [6, 6.07) is 11.7. The second-order valence-corrected chi connectivity index (χ2v) is 6.20. The number of ether oxygens (including phenoxy) is 2. The molecule has 2 amide bonds. The normalized spacial score (nSPS) is 10.5. The largest absolute Gasteiger partial charge is 0.496 e. The first-order chi connectivity index (χ1) is 13.5. The number of hydrogen-bond acceptors (Lipinski definition) is 5. The predicted molar refractivity (Wildman–Crippen MR) is 109 cm³/mol. The number of amides is 2. The summed E-state index contributed by atoms with van der Waals surface area (Å²) in [6.45, 7) is 2.72. The third kappa shape index (κ3) is 6.59. The molecule has 2 aromatic carbocycles. The van der Waals surface area contributed by atoms with Crippen molar-refractivity contribution in [2.24, 2.45) is 5.10 Å². The predicted octanol–water partition coefficient (Wildman–Crippen LogP) is 3.62. The molecule has 0 heterocycles. The molecule has 0 radical (unpaired) electrons. The van der Waals surface area contributed by atoms with E-state index in [1.807, 2.05) is 0 Å². The minimum Gasteiger partial charge on any atom is -0.496 e. The van der Waals surface area contributed by atoms with Crippen LogP contribution in [0.3, 0.4) is 0 Å². The molecule has 0 saturated carbocycles. The topological polar surface area (TPSA) is 89.0 Å². The molecule has 0 bridgehead atoms. The highest BCUT2D eigenvalue weighted by Crippen LogP contribution is 2.20. The molecule has 0 saturated heterocycles. The molecule has 0 atom stereocenters. The van der Waals surface area contributed by atoms with Crippen LogP contribution in [0.4, 0.5) is 5.69 Å². The van der Waals surface area contributed by atoms with E-state index in [0.717, 1.165) is 12.8 Å². The van der Waals surface area contributed by atoms with Gasteiger partial charge in [0, 0.05) is 16.3 Å². The van der Waals surface area contributed by atoms with Crippen LogP contribution >= 0.6 is 11.6 Å². The van der Waals surface area contributed by atoms with Crippen LogP contribution in [0.5, 0.6) is 11.5 Å². The minimum atomic E-state index is -0.902. The third-order valence-electron chi connectivity index (χ3n) is 3.65. The Morgan fingerprint density at radius 1 is 1.14 bits per heavy atom. The Hall–Kier alpha value is -3.06. The van der Waals surface area contributed by atoms with Gasteiger partial charge >= 0.3 is 11.8 Å². The Balaban J connectivity index is 1.87. The van der Waals surface area contributed by atoms with Crippen LogP contribution in [0.15, 0.2) is 47.6 Å². The van der Waals surface area contributed by atoms with Gasteiger partial charge in [0.05, 0.1) is 19.9 Å². The van der Waals surface area contributed by atoms with Gasteiger partial charge in [-0.1, -0.05) is 24.9 Å². The molecule has 148 valence electrons. The number of benzene rings is 2. The van der Waals surface area contributed by atoms with Gasteiger partial charge in [-0.15, -0.1) is 0 Å². The Morgan fingerprint density at radius 3 is 2.57 bits per heavy atom. The van der Waals surface area contributed by atoms with Crippen molar-refractivity contribution in [2.75, 3.05) is 19.0 Å². The fourth-order valence-electron chi connectivity index (χ4n) is 2.17. The number of nitrogens with zero attached hydrogens (tertiary/aromatic N) is 1. The summed E-state index contributed by atoms with van der Waals surface area (Å²) >= 11 is 5.92. The minimum absolute atomic E-state index is 0.475. The summed E-state index contributed by atoms with van der Waals surface area (Å²) in [6.07, 6.45) is 3.37. The molecule has 8 heteroatoms. The standard InChI is InChI=1S/C20H22ClN3O4/c1-3-4-11-28-17-8-6-16(7-9-17)23-19(25)20(26)24-22-13-14-12-15(21)5-10-18(14)27-2/h5-10,12-13H,3-4,11H2,1-2H3,(H,23,25)(H,24,26)/b22-13-. The zero-order valence-electron chi connectivity index (χ0n) is 15.7. The van der Waals surface area contributed by atoms with E-state index in [1.54, 1.807) is 42.5 Å². The van der Waals surface area contributed by atoms with E-state index in [4.69, 9.17) is 21.1 Å². The second-order valence-electron chi connectivity index (χ2n) is 5.77. The van der Waals surface area contributed by atoms with Gasteiger partial charge in [-0.3, -0.25) is 9.59 Å². The maximum Gasteiger partial charge on any atom is 0.329 e. The highest BCUT2D eigenvalue weighted by Gasteiger charge is 2.13. The highest BCUT2D eigenvalue weighted by atomic mass is 35.5. The van der Waals surface area contributed by atoms with Gasteiger partial charge in [-0.25, -0.2) is 5.43 Å². The van der Waals surface area contributed by atoms with Gasteiger partial charge in [0.15, 0.2) is 0 Å². The smallest absolute Gasteiger partial charge is 0.329 e. The van der Waals surface area contributed by atoms with Crippen molar-refractivity contribution < 1.29 is 19.1 Å². The summed E-state index contributed by atoms with van der Waals surface area (Å²) in [7, 11) is 1.51. The molecule has 0 fully saturated rings. The summed E-state index contributed by atoms with van der Waals surface area (Å²) in [5.74, 6) is -0.501. The molecular formula is C20H22ClN3O4. The van der Waals surface area contributed by atoms with E-state index >= 15 is 0 Å². The van der Waals surface area contributed by atoms with E-state index < -0.39 is 11.8 Å². The molecule has 0 aliphatic carbocycles. The number of hydrazone groups is 1. The Kier molecular flexibility index (Phi) is 8.30. The first-order valence-electron chi connectivity index (χ1n) is 8.74. The maximum atomic E-state index is 12.0. The lowest BCUT2D eigenvalue weighted by molar-refractivity contribution is -0.136. The van der Waals surface area contributed by atoms with Crippen molar-refractivity contribution in [3.8, 4) is 11.5 Å². The zero-order chi connectivity index (χ0) is 20.4. The quantitative estimate of drug-likeness (QED) is 0.305. The molecule has 0 unspecified atom stereocenters. The Morgan fingerprint density at radius 2 is 1.89 bits per heavy atom. The van der Waals surface area contributed by atoms with Gasteiger partial charge in [-0.2, -0.15) is 5.10 Å². The van der Waals surface area contributed by atoms with Gasteiger partial charge < -0.3 is 14.8 Å². The molecular weight excluding hydrogens is 382 g/mol. The molecule has 28 heavy (non-hydrogen) atoms. The number of anilines is 1. The Labute approximate surface area is 168 Å². The molecule has 0 aliphatic heterocycles. The van der Waals surface area contributed by atoms with Crippen LogP contribution < -0.4 is 20.2 Å². The van der Waals surface area contributed by atoms with Crippen LogP contribution in [-0.4, -0.2) is 31.7 Å². The fourth-order valence-corrected chi connectivity index (χ4v) is 2.35. The van der Waals surface area contributed by atoms with E-state index in [0.29, 0.717) is 34.4 Å². The Bertz CT molecular complexity index is 838. The van der Waals surface area contributed by atoms with E-state index in [9.17, 15) is 9.59 Å². The first kappa shape index (κ1) is 21.2. The summed E-state index contributed by atoms with van der Waals surface area (Å²) in [5, 5.41) is 6.75. The van der Waals surface area contributed by atoms with Gasteiger partial charge in [0.25, 0.3) is 0 Å². The summed E-state index contributed by atoms with van der Waals surface area (Å²) in [4.78, 5) is 23.8. The lowest BCUT2D eigenvalue weighted by atomic mass is 10.2. The number of rotatable bonds is 8. The van der Waals surface area contributed by atoms with Gasteiger partial charge in [0.1, 0.15) is 11.5 Å². The number of methoxy groups -OCH3 is 1. The molecule has 0 aromatic heterocycles. The molecule has 0 spiro atoms. The average Bonchev–Trinajstić information content (AvgIpc) is 2.69. The van der Waals surface area contributed by atoms with E-state index in [2.05, 4.69) is 22.8 Å². The molecule has 7 nitrogen and oxygen atoms in total. The highest BCUT2D eigenvalue weighted by molar-refractivity contribution is 6.39. The molecule has 2 aromatic rings. The number of halogens is 1. The lowest BCUT2D eigenvalue weighted by Gasteiger charge is -2.07. The van der Waals surface area contributed by atoms with Crippen molar-refractivity contribution in [2.45, 2.75) is 19.8 Å². The number of hydrogen-bond donors (Lipinski definition) is 2. The zero-order valence-corrected chi connectivity index (χ0v) is 16.5. The summed E-state index contributed by atoms with van der Waals surface area (Å²) < 4.78 is 10.7. The lowest BCUT2D eigenvalue weighted by Crippen LogP contribution is -2.32. The first-order valence-corrected chi connectivity index (χ1v) is 9.12. The number of unbranched alkanes of at least 4 members (excludes halogenated alkanes) is 1. The van der Waals surface area contributed by atoms with E-state index in [-0.39, 0.29) is 0 Å². The van der Waals surface area contributed by atoms with Crippen molar-refractivity contribution in [1.82, 2.24) is 5.43 Å². The third-order valence-corrected chi connectivity index (χ3v) is 3.88. The molecule has 0 aliphatic rings. The van der Waals surface area contributed by atoms with Crippen LogP contribution in [0.2, 0.25) is 5.02 Å². The van der Waals surface area contributed by atoms with Crippen molar-refractivity contribution >= 4 is 35.3 Å². The van der Waals surface area contributed by atoms with Crippen LogP contribution in [0, 0.1) is 0 Å². The van der Waals surface area contributed by atoms with E-state index in [1.165, 1.54) is 13.3 Å². The maximum absolute atomic E-state index is 12.0. The monoisotopic (exact) mass is 403 g/mol. The fraction of sp³-hybridized carbons (Fsp3) is 0.250. The van der Waals surface area contributed by atoms with Gasteiger partial charge in [-0.05, 0) is 48.9 Å². The average molecular weight is 404 g/mol. The van der Waals surface area contributed by atoms with Crippen LogP contribution in [0.1, 0.15) is 25.3 Å². The van der Waals surface area contributed by atoms with Crippen LogP contribution in [-0.2, 0) is 9.59 Å². The number of carbonyl (C=O) groups excluding carboxylic acids is 2. The number of nitrogens with one attached hydrogen (secondary N) is 2. The molecule has 2 N–H and O–H groups in total. The molecule has 2 rings (SSSR count). The van der Waals surface area contributed by atoms with Gasteiger partial charge in [0.2, 0.25) is 0 Å². The van der Waals surface area contributed by atoms with Crippen LogP contribution in [0.25, 0.3) is 0 Å². The second kappa shape index (κ2) is 10.9. The van der Waals surface area contributed by atoms with Crippen molar-refractivity contribution in [3.63, 3.8) is 0 Å². The number of carbonyl (C=O) groups is 2.